The Kier molecular flexibility index (Phi) is 7.09. The molecule has 0 aromatic heterocycles. The van der Waals surface area contributed by atoms with Gasteiger partial charge in [0.1, 0.15) is 11.8 Å². The minimum absolute atomic E-state index is 0.0120. The second kappa shape index (κ2) is 9.30. The molecule has 0 radical (unpaired) electrons. The molecule has 0 spiro atoms. The topological polar surface area (TPSA) is 67.4 Å². The number of hydrogen-bond acceptors (Lipinski definition) is 3. The molecule has 1 atom stereocenters. The summed E-state index contributed by atoms with van der Waals surface area (Å²) in [7, 11) is 0. The van der Waals surface area contributed by atoms with E-state index in [1.807, 2.05) is 31.2 Å². The fourth-order valence-corrected chi connectivity index (χ4v) is 2.92. The van der Waals surface area contributed by atoms with Gasteiger partial charge in [-0.1, -0.05) is 25.0 Å². The number of aryl methyl sites for hydroxylation is 1. The number of ether oxygens (including phenoxy) is 1. The van der Waals surface area contributed by atoms with Crippen molar-refractivity contribution in [1.82, 2.24) is 10.6 Å². The molecule has 1 aliphatic rings. The molecule has 0 saturated heterocycles. The number of hydrogen-bond donors (Lipinski definition) is 2. The Morgan fingerprint density at radius 2 is 2.04 bits per heavy atom. The van der Waals surface area contributed by atoms with Crippen LogP contribution in [0.15, 0.2) is 24.3 Å². The second-order valence-electron chi connectivity index (χ2n) is 6.52. The van der Waals surface area contributed by atoms with Crippen molar-refractivity contribution in [3.05, 3.63) is 29.8 Å². The normalized spacial score (nSPS) is 15.8. The smallest absolute Gasteiger partial charge is 0.242 e. The molecule has 5 nitrogen and oxygen atoms in total. The van der Waals surface area contributed by atoms with E-state index >= 15 is 0 Å². The number of rotatable bonds is 8. The second-order valence-corrected chi connectivity index (χ2v) is 6.52. The van der Waals surface area contributed by atoms with E-state index in [-0.39, 0.29) is 17.7 Å². The van der Waals surface area contributed by atoms with E-state index in [0.717, 1.165) is 43.4 Å². The molecule has 1 aliphatic carbocycles. The van der Waals surface area contributed by atoms with E-state index in [2.05, 4.69) is 10.6 Å². The average Bonchev–Trinajstić information content (AvgIpc) is 3.09. The van der Waals surface area contributed by atoms with Gasteiger partial charge in [-0.2, -0.15) is 0 Å². The van der Waals surface area contributed by atoms with E-state index in [4.69, 9.17) is 4.74 Å². The van der Waals surface area contributed by atoms with Crippen molar-refractivity contribution in [3.63, 3.8) is 0 Å². The highest BCUT2D eigenvalue weighted by Crippen LogP contribution is 2.24. The fourth-order valence-electron chi connectivity index (χ4n) is 2.92. The van der Waals surface area contributed by atoms with Gasteiger partial charge in [-0.25, -0.2) is 0 Å². The number of nitrogens with one attached hydrogen (secondary N) is 2. The lowest BCUT2D eigenvalue weighted by Gasteiger charge is -2.16. The number of carbonyl (C=O) groups is 2. The molecule has 1 saturated carbocycles. The molecule has 1 fully saturated rings. The van der Waals surface area contributed by atoms with Crippen LogP contribution in [0.1, 0.15) is 44.6 Å². The molecule has 2 amide bonds. The Morgan fingerprint density at radius 3 is 2.75 bits per heavy atom. The highest BCUT2D eigenvalue weighted by Gasteiger charge is 2.25. The summed E-state index contributed by atoms with van der Waals surface area (Å²) in [6, 6.07) is 7.40. The molecular formula is C19H28N2O3. The van der Waals surface area contributed by atoms with Crippen LogP contribution in [0.4, 0.5) is 0 Å². The van der Waals surface area contributed by atoms with Gasteiger partial charge >= 0.3 is 0 Å². The molecule has 1 aromatic rings. The first-order valence-corrected chi connectivity index (χ1v) is 8.84. The number of benzene rings is 1. The third kappa shape index (κ3) is 5.87. The van der Waals surface area contributed by atoms with Gasteiger partial charge in [0.25, 0.3) is 0 Å². The standard InChI is InChI=1S/C19H28N2O3/c1-14-7-5-10-17(13-14)24-12-6-11-20-18(22)15(2)21-19(23)16-8-3-4-9-16/h5,7,10,13,15-16H,3-4,6,8-9,11-12H2,1-2H3,(H,20,22)(H,21,23)/t15-/m1/s1. The summed E-state index contributed by atoms with van der Waals surface area (Å²) < 4.78 is 5.64. The summed E-state index contributed by atoms with van der Waals surface area (Å²) in [5, 5.41) is 5.65. The largest absolute Gasteiger partial charge is 0.494 e. The maximum atomic E-state index is 12.0. The zero-order valence-corrected chi connectivity index (χ0v) is 14.6. The van der Waals surface area contributed by atoms with Gasteiger partial charge in [0.15, 0.2) is 0 Å². The lowest BCUT2D eigenvalue weighted by atomic mass is 10.1. The monoisotopic (exact) mass is 332 g/mol. The molecule has 0 bridgehead atoms. The van der Waals surface area contributed by atoms with Crippen molar-refractivity contribution >= 4 is 11.8 Å². The van der Waals surface area contributed by atoms with Crippen molar-refractivity contribution < 1.29 is 14.3 Å². The highest BCUT2D eigenvalue weighted by molar-refractivity contribution is 5.88. The van der Waals surface area contributed by atoms with Gasteiger partial charge in [0.05, 0.1) is 6.61 Å². The molecular weight excluding hydrogens is 304 g/mol. The number of carbonyl (C=O) groups excluding carboxylic acids is 2. The quantitative estimate of drug-likeness (QED) is 0.719. The Labute approximate surface area is 144 Å². The Hall–Kier alpha value is -2.04. The fraction of sp³-hybridized carbons (Fsp3) is 0.579. The van der Waals surface area contributed by atoms with E-state index < -0.39 is 6.04 Å². The summed E-state index contributed by atoms with van der Waals surface area (Å²) in [6.45, 7) is 4.83. The molecule has 24 heavy (non-hydrogen) atoms. The molecule has 5 heteroatoms. The molecule has 0 heterocycles. The first-order valence-electron chi connectivity index (χ1n) is 8.84. The summed E-state index contributed by atoms with van der Waals surface area (Å²) >= 11 is 0. The van der Waals surface area contributed by atoms with Crippen LogP contribution in [-0.4, -0.2) is 31.0 Å². The van der Waals surface area contributed by atoms with E-state index in [0.29, 0.717) is 13.2 Å². The van der Waals surface area contributed by atoms with Crippen LogP contribution < -0.4 is 15.4 Å². The first kappa shape index (κ1) is 18.3. The van der Waals surface area contributed by atoms with E-state index in [1.54, 1.807) is 6.92 Å². The SMILES string of the molecule is Cc1cccc(OCCCNC(=O)[C@@H](C)NC(=O)C2CCCC2)c1. The van der Waals surface area contributed by atoms with Crippen molar-refractivity contribution in [3.8, 4) is 5.75 Å². The Bertz CT molecular complexity index is 553. The van der Waals surface area contributed by atoms with Crippen molar-refractivity contribution in [2.45, 2.75) is 52.0 Å². The summed E-state index contributed by atoms with van der Waals surface area (Å²) in [4.78, 5) is 24.0. The lowest BCUT2D eigenvalue weighted by Crippen LogP contribution is -2.46. The van der Waals surface area contributed by atoms with Crippen LogP contribution in [0.5, 0.6) is 5.75 Å². The minimum Gasteiger partial charge on any atom is -0.494 e. The van der Waals surface area contributed by atoms with Crippen LogP contribution in [0.2, 0.25) is 0 Å². The first-order chi connectivity index (χ1) is 11.6. The molecule has 1 aromatic carbocycles. The molecule has 2 N–H and O–H groups in total. The summed E-state index contributed by atoms with van der Waals surface area (Å²) in [5.74, 6) is 0.802. The van der Waals surface area contributed by atoms with Gasteiger partial charge in [-0.05, 0) is 50.8 Å². The minimum atomic E-state index is -0.490. The zero-order valence-electron chi connectivity index (χ0n) is 14.6. The van der Waals surface area contributed by atoms with E-state index in [1.165, 1.54) is 0 Å². The number of amides is 2. The third-order valence-corrected chi connectivity index (χ3v) is 4.36. The van der Waals surface area contributed by atoms with Crippen LogP contribution in [0.25, 0.3) is 0 Å². The molecule has 2 rings (SSSR count). The van der Waals surface area contributed by atoms with Crippen LogP contribution >= 0.6 is 0 Å². The van der Waals surface area contributed by atoms with Gasteiger partial charge in [0.2, 0.25) is 11.8 Å². The zero-order chi connectivity index (χ0) is 17.4. The molecule has 0 unspecified atom stereocenters. The van der Waals surface area contributed by atoms with Crippen molar-refractivity contribution in [2.75, 3.05) is 13.2 Å². The van der Waals surface area contributed by atoms with Gasteiger partial charge in [-0.15, -0.1) is 0 Å². The maximum Gasteiger partial charge on any atom is 0.242 e. The lowest BCUT2D eigenvalue weighted by molar-refractivity contribution is -0.130. The molecule has 0 aliphatic heterocycles. The Morgan fingerprint density at radius 1 is 1.29 bits per heavy atom. The van der Waals surface area contributed by atoms with Gasteiger partial charge < -0.3 is 15.4 Å². The predicted octanol–water partition coefficient (Wildman–Crippen LogP) is 2.58. The van der Waals surface area contributed by atoms with Gasteiger partial charge in [0, 0.05) is 12.5 Å². The third-order valence-electron chi connectivity index (χ3n) is 4.36. The van der Waals surface area contributed by atoms with Gasteiger partial charge in [-0.3, -0.25) is 9.59 Å². The average molecular weight is 332 g/mol. The highest BCUT2D eigenvalue weighted by atomic mass is 16.5. The maximum absolute atomic E-state index is 12.0. The van der Waals surface area contributed by atoms with Crippen molar-refractivity contribution in [2.24, 2.45) is 5.92 Å². The summed E-state index contributed by atoms with van der Waals surface area (Å²) in [6.07, 6.45) is 4.83. The summed E-state index contributed by atoms with van der Waals surface area (Å²) in [5.41, 5.74) is 1.16. The van der Waals surface area contributed by atoms with Crippen LogP contribution in [-0.2, 0) is 9.59 Å². The van der Waals surface area contributed by atoms with E-state index in [9.17, 15) is 9.59 Å². The van der Waals surface area contributed by atoms with Crippen molar-refractivity contribution in [1.29, 1.82) is 0 Å². The van der Waals surface area contributed by atoms with Crippen LogP contribution in [0, 0.1) is 12.8 Å². The predicted molar refractivity (Wildman–Crippen MR) is 93.9 cm³/mol. The molecule has 132 valence electrons. The van der Waals surface area contributed by atoms with Crippen LogP contribution in [0.3, 0.4) is 0 Å². The Balaban J connectivity index is 1.59.